The van der Waals surface area contributed by atoms with E-state index in [1.54, 1.807) is 24.3 Å². The largest absolute Gasteiger partial charge is 0.494 e. The van der Waals surface area contributed by atoms with Crippen LogP contribution in [0.25, 0.3) is 10.8 Å². The summed E-state index contributed by atoms with van der Waals surface area (Å²) < 4.78 is 10.1. The van der Waals surface area contributed by atoms with E-state index < -0.39 is 11.8 Å². The number of carbonyl (C=O) groups excluding carboxylic acids is 2. The van der Waals surface area contributed by atoms with E-state index in [-0.39, 0.29) is 0 Å². The number of esters is 1. The Hall–Kier alpha value is -3.14. The van der Waals surface area contributed by atoms with Gasteiger partial charge in [-0.2, -0.15) is 0 Å². The van der Waals surface area contributed by atoms with E-state index in [0.29, 0.717) is 17.9 Å². The van der Waals surface area contributed by atoms with Crippen LogP contribution in [-0.4, -0.2) is 25.5 Å². The Morgan fingerprint density at radius 2 is 1.62 bits per heavy atom. The molecule has 0 saturated heterocycles. The molecule has 0 N–H and O–H groups in total. The topological polar surface area (TPSA) is 52.6 Å². The molecule has 0 aromatic heterocycles. The molecule has 3 rings (SSSR count). The Balaban J connectivity index is 1.50. The number of methoxy groups -OCH3 is 1. The molecule has 0 aliphatic heterocycles. The van der Waals surface area contributed by atoms with Crippen LogP contribution in [-0.2, 0) is 16.0 Å². The first kappa shape index (κ1) is 17.7. The van der Waals surface area contributed by atoms with Crippen LogP contribution in [0.3, 0.4) is 0 Å². The van der Waals surface area contributed by atoms with Crippen molar-refractivity contribution < 1.29 is 19.1 Å². The van der Waals surface area contributed by atoms with E-state index in [4.69, 9.17) is 4.74 Å². The van der Waals surface area contributed by atoms with Crippen molar-refractivity contribution in [1.29, 1.82) is 0 Å². The van der Waals surface area contributed by atoms with E-state index in [1.165, 1.54) is 23.4 Å². The maximum atomic E-state index is 11.7. The summed E-state index contributed by atoms with van der Waals surface area (Å²) in [5.74, 6) is -0.852. The van der Waals surface area contributed by atoms with Gasteiger partial charge in [0.1, 0.15) is 5.75 Å². The Kier molecular flexibility index (Phi) is 5.64. The molecule has 3 aromatic rings. The van der Waals surface area contributed by atoms with E-state index in [1.807, 2.05) is 12.1 Å². The predicted octanol–water partition coefficient (Wildman–Crippen LogP) is 4.21. The van der Waals surface area contributed by atoms with Gasteiger partial charge in [-0.1, -0.05) is 42.5 Å². The van der Waals surface area contributed by atoms with Gasteiger partial charge in [0, 0.05) is 5.56 Å². The lowest BCUT2D eigenvalue weighted by Gasteiger charge is -2.07. The Labute approximate surface area is 152 Å². The molecule has 0 aliphatic carbocycles. The molecule has 4 heteroatoms. The summed E-state index contributed by atoms with van der Waals surface area (Å²) in [6.45, 7) is 0.580. The molecule has 4 nitrogen and oxygen atoms in total. The molecule has 26 heavy (non-hydrogen) atoms. The van der Waals surface area contributed by atoms with Crippen LogP contribution in [0, 0.1) is 0 Å². The summed E-state index contributed by atoms with van der Waals surface area (Å²) in [5, 5.41) is 2.49. The number of hydrogen-bond acceptors (Lipinski definition) is 4. The van der Waals surface area contributed by atoms with Gasteiger partial charge in [-0.3, -0.25) is 4.79 Å². The average Bonchev–Trinajstić information content (AvgIpc) is 2.70. The second-order valence-corrected chi connectivity index (χ2v) is 5.98. The number of rotatable bonds is 7. The number of ketones is 1. The minimum Gasteiger partial charge on any atom is -0.494 e. The minimum atomic E-state index is -0.867. The van der Waals surface area contributed by atoms with Crippen molar-refractivity contribution in [1.82, 2.24) is 0 Å². The molecule has 0 fully saturated rings. The zero-order chi connectivity index (χ0) is 18.4. The van der Waals surface area contributed by atoms with Gasteiger partial charge in [-0.15, -0.1) is 0 Å². The lowest BCUT2D eigenvalue weighted by Crippen LogP contribution is -2.15. The van der Waals surface area contributed by atoms with E-state index in [9.17, 15) is 9.59 Å². The highest BCUT2D eigenvalue weighted by Crippen LogP contribution is 2.17. The summed E-state index contributed by atoms with van der Waals surface area (Å²) in [7, 11) is 1.19. The summed E-state index contributed by atoms with van der Waals surface area (Å²) in [4.78, 5) is 22.9. The standard InChI is InChI=1S/C22H20O4/c1-25-22(24)21(23)18-10-12-20(13-11-18)26-14-4-5-16-8-9-17-6-2-3-7-19(17)15-16/h2-3,6-13,15H,4-5,14H2,1H3. The number of fused-ring (bicyclic) bond motifs is 1. The molecule has 0 bridgehead atoms. The summed E-state index contributed by atoms with van der Waals surface area (Å²) in [6, 6.07) is 21.3. The number of ether oxygens (including phenoxy) is 2. The lowest BCUT2D eigenvalue weighted by atomic mass is 10.0. The molecule has 0 atom stereocenters. The SMILES string of the molecule is COC(=O)C(=O)c1ccc(OCCCc2ccc3ccccc3c2)cc1. The van der Waals surface area contributed by atoms with Crippen LogP contribution in [0.2, 0.25) is 0 Å². The van der Waals surface area contributed by atoms with Crippen molar-refractivity contribution in [3.8, 4) is 5.75 Å². The average molecular weight is 348 g/mol. The molecule has 0 radical (unpaired) electrons. The minimum absolute atomic E-state index is 0.292. The van der Waals surface area contributed by atoms with Crippen molar-refractivity contribution >= 4 is 22.5 Å². The van der Waals surface area contributed by atoms with Crippen LogP contribution in [0.15, 0.2) is 66.7 Å². The van der Waals surface area contributed by atoms with Crippen molar-refractivity contribution in [3.63, 3.8) is 0 Å². The first-order valence-corrected chi connectivity index (χ1v) is 8.50. The summed E-state index contributed by atoms with van der Waals surface area (Å²) in [5.41, 5.74) is 1.58. The third-order valence-corrected chi connectivity index (χ3v) is 4.18. The van der Waals surface area contributed by atoms with Gasteiger partial charge in [0.2, 0.25) is 0 Å². The molecule has 0 unspecified atom stereocenters. The smallest absolute Gasteiger partial charge is 0.379 e. The molecule has 3 aromatic carbocycles. The second-order valence-electron chi connectivity index (χ2n) is 5.98. The van der Waals surface area contributed by atoms with Gasteiger partial charge < -0.3 is 9.47 Å². The Morgan fingerprint density at radius 1 is 0.885 bits per heavy atom. The summed E-state index contributed by atoms with van der Waals surface area (Å²) >= 11 is 0. The predicted molar refractivity (Wildman–Crippen MR) is 101 cm³/mol. The molecular formula is C22H20O4. The maximum absolute atomic E-state index is 11.7. The molecule has 0 heterocycles. The quantitative estimate of drug-likeness (QED) is 0.278. The Bertz CT molecular complexity index is 913. The summed E-state index contributed by atoms with van der Waals surface area (Å²) in [6.07, 6.45) is 1.82. The van der Waals surface area contributed by atoms with Crippen LogP contribution < -0.4 is 4.74 Å². The number of hydrogen-bond donors (Lipinski definition) is 0. The fraction of sp³-hybridized carbons (Fsp3) is 0.182. The third kappa shape index (κ3) is 4.28. The van der Waals surface area contributed by atoms with Gasteiger partial charge in [-0.05, 0) is 53.4 Å². The third-order valence-electron chi connectivity index (χ3n) is 4.18. The van der Waals surface area contributed by atoms with Gasteiger partial charge in [0.25, 0.3) is 5.78 Å². The molecule has 0 saturated carbocycles. The van der Waals surface area contributed by atoms with Crippen LogP contribution in [0.1, 0.15) is 22.3 Å². The monoisotopic (exact) mass is 348 g/mol. The highest BCUT2D eigenvalue weighted by molar-refractivity contribution is 6.40. The first-order valence-electron chi connectivity index (χ1n) is 8.50. The number of benzene rings is 3. The van der Waals surface area contributed by atoms with Gasteiger partial charge in [-0.25, -0.2) is 4.79 Å². The number of aryl methyl sites for hydroxylation is 1. The van der Waals surface area contributed by atoms with Gasteiger partial charge in [0.05, 0.1) is 13.7 Å². The van der Waals surface area contributed by atoms with Gasteiger partial charge in [0.15, 0.2) is 0 Å². The fourth-order valence-corrected chi connectivity index (χ4v) is 2.77. The van der Waals surface area contributed by atoms with Crippen molar-refractivity contribution in [2.45, 2.75) is 12.8 Å². The van der Waals surface area contributed by atoms with E-state index in [2.05, 4.69) is 35.1 Å². The van der Waals surface area contributed by atoms with E-state index >= 15 is 0 Å². The van der Waals surface area contributed by atoms with Crippen molar-refractivity contribution in [3.05, 3.63) is 77.9 Å². The zero-order valence-corrected chi connectivity index (χ0v) is 14.6. The van der Waals surface area contributed by atoms with E-state index in [0.717, 1.165) is 12.8 Å². The zero-order valence-electron chi connectivity index (χ0n) is 14.6. The molecular weight excluding hydrogens is 328 g/mol. The van der Waals surface area contributed by atoms with Crippen molar-refractivity contribution in [2.75, 3.05) is 13.7 Å². The molecule has 0 spiro atoms. The first-order chi connectivity index (χ1) is 12.7. The number of carbonyl (C=O) groups is 2. The molecule has 0 amide bonds. The van der Waals surface area contributed by atoms with Gasteiger partial charge >= 0.3 is 5.97 Å². The molecule has 0 aliphatic rings. The maximum Gasteiger partial charge on any atom is 0.379 e. The normalized spacial score (nSPS) is 10.5. The lowest BCUT2D eigenvalue weighted by molar-refractivity contribution is -0.135. The van der Waals surface area contributed by atoms with Crippen LogP contribution in [0.4, 0.5) is 0 Å². The second kappa shape index (κ2) is 8.30. The fourth-order valence-electron chi connectivity index (χ4n) is 2.77. The Morgan fingerprint density at radius 3 is 2.35 bits per heavy atom. The highest BCUT2D eigenvalue weighted by atomic mass is 16.5. The highest BCUT2D eigenvalue weighted by Gasteiger charge is 2.16. The van der Waals surface area contributed by atoms with Crippen LogP contribution >= 0.6 is 0 Å². The molecule has 132 valence electrons. The van der Waals surface area contributed by atoms with Crippen LogP contribution in [0.5, 0.6) is 5.75 Å². The number of Topliss-reactive ketones (excluding diaryl/α,β-unsaturated/α-hetero) is 1. The van der Waals surface area contributed by atoms with Crippen molar-refractivity contribution in [2.24, 2.45) is 0 Å².